The van der Waals surface area contributed by atoms with Crippen LogP contribution in [0.1, 0.15) is 29.0 Å². The maximum absolute atomic E-state index is 12.1. The van der Waals surface area contributed by atoms with Gasteiger partial charge in [-0.25, -0.2) is 4.68 Å². The van der Waals surface area contributed by atoms with Crippen LogP contribution in [0.15, 0.2) is 35.3 Å². The first-order valence-electron chi connectivity index (χ1n) is 8.58. The number of hydrogen-bond donors (Lipinski definition) is 1. The number of piperidine rings is 1. The number of likely N-dealkylation sites (tertiary alicyclic amines) is 1. The van der Waals surface area contributed by atoms with Crippen molar-refractivity contribution in [2.75, 3.05) is 25.5 Å². The van der Waals surface area contributed by atoms with E-state index in [9.17, 15) is 10.1 Å². The Morgan fingerprint density at radius 1 is 1.31 bits per heavy atom. The van der Waals surface area contributed by atoms with Crippen LogP contribution in [0.3, 0.4) is 0 Å². The molecule has 6 nitrogen and oxygen atoms in total. The number of aromatic nitrogens is 2. The van der Waals surface area contributed by atoms with Gasteiger partial charge in [0.15, 0.2) is 0 Å². The monoisotopic (exact) mass is 371 g/mol. The maximum Gasteiger partial charge on any atom is 0.286 e. The molecule has 0 bridgehead atoms. The zero-order chi connectivity index (χ0) is 18.7. The summed E-state index contributed by atoms with van der Waals surface area (Å²) in [5.74, 6) is 0.891. The first-order chi connectivity index (χ1) is 12.5. The molecule has 26 heavy (non-hydrogen) atoms. The van der Waals surface area contributed by atoms with Crippen molar-refractivity contribution < 1.29 is 0 Å². The smallest absolute Gasteiger partial charge is 0.286 e. The Balaban J connectivity index is 1.80. The van der Waals surface area contributed by atoms with Crippen LogP contribution in [0.2, 0.25) is 0 Å². The SMILES string of the molecule is CN1C[C@H](Nc2cnn(C)c(=O)c2C#N)C[C@H](c2ccc(CCl)cc2)C1. The van der Waals surface area contributed by atoms with Crippen LogP contribution in [0.25, 0.3) is 0 Å². The van der Waals surface area contributed by atoms with E-state index in [1.54, 1.807) is 13.2 Å². The highest BCUT2D eigenvalue weighted by molar-refractivity contribution is 6.17. The molecular weight excluding hydrogens is 350 g/mol. The number of aryl methyl sites for hydroxylation is 1. The van der Waals surface area contributed by atoms with Crippen molar-refractivity contribution >= 4 is 17.3 Å². The van der Waals surface area contributed by atoms with E-state index < -0.39 is 0 Å². The Hall–Kier alpha value is -2.36. The summed E-state index contributed by atoms with van der Waals surface area (Å²) < 4.78 is 1.18. The molecule has 1 N–H and O–H groups in total. The third-order valence-electron chi connectivity index (χ3n) is 4.85. The van der Waals surface area contributed by atoms with Crippen LogP contribution >= 0.6 is 11.6 Å². The molecular formula is C19H22ClN5O. The fraction of sp³-hybridized carbons (Fsp3) is 0.421. The number of likely N-dealkylation sites (N-methyl/N-ethyl adjacent to an activating group) is 1. The summed E-state index contributed by atoms with van der Waals surface area (Å²) in [6, 6.07) is 10.5. The minimum atomic E-state index is -0.380. The standard InChI is InChI=1S/C19H22ClN5O/c1-24-11-15(14-5-3-13(8-20)4-6-14)7-16(12-24)23-18-10-22-25(2)19(26)17(18)9-21/h3-6,10,15-16,23H,7-8,11-12H2,1-2H3/t15-,16+/m0/s1. The third kappa shape index (κ3) is 3.90. The second-order valence-electron chi connectivity index (χ2n) is 6.84. The van der Waals surface area contributed by atoms with Crippen molar-refractivity contribution in [1.82, 2.24) is 14.7 Å². The lowest BCUT2D eigenvalue weighted by molar-refractivity contribution is 0.235. The fourth-order valence-electron chi connectivity index (χ4n) is 3.52. The number of nitrogens with zero attached hydrogens (tertiary/aromatic N) is 4. The Bertz CT molecular complexity index is 871. The van der Waals surface area contributed by atoms with Crippen molar-refractivity contribution in [2.45, 2.75) is 24.3 Å². The van der Waals surface area contributed by atoms with Gasteiger partial charge in [-0.1, -0.05) is 24.3 Å². The molecule has 0 aliphatic carbocycles. The molecule has 0 amide bonds. The van der Waals surface area contributed by atoms with Gasteiger partial charge in [-0.05, 0) is 30.5 Å². The molecule has 136 valence electrons. The molecule has 1 aromatic heterocycles. The number of nitrogens with one attached hydrogen (secondary N) is 1. The van der Waals surface area contributed by atoms with Gasteiger partial charge in [-0.3, -0.25) is 4.79 Å². The van der Waals surface area contributed by atoms with E-state index >= 15 is 0 Å². The molecule has 3 rings (SSSR count). The van der Waals surface area contributed by atoms with E-state index in [0.717, 1.165) is 25.1 Å². The molecule has 1 aromatic carbocycles. The van der Waals surface area contributed by atoms with Gasteiger partial charge < -0.3 is 10.2 Å². The number of nitriles is 1. The van der Waals surface area contributed by atoms with Crippen molar-refractivity contribution in [3.05, 3.63) is 57.5 Å². The van der Waals surface area contributed by atoms with E-state index in [1.807, 2.05) is 6.07 Å². The third-order valence-corrected chi connectivity index (χ3v) is 5.16. The number of anilines is 1. The Morgan fingerprint density at radius 2 is 2.04 bits per heavy atom. The van der Waals surface area contributed by atoms with Crippen LogP contribution in [0, 0.1) is 11.3 Å². The lowest BCUT2D eigenvalue weighted by atomic mass is 9.88. The Kier molecular flexibility index (Phi) is 5.60. The van der Waals surface area contributed by atoms with Crippen molar-refractivity contribution in [1.29, 1.82) is 5.26 Å². The van der Waals surface area contributed by atoms with Gasteiger partial charge in [0.05, 0.1) is 11.9 Å². The average Bonchev–Trinajstić information content (AvgIpc) is 2.65. The molecule has 0 spiro atoms. The van der Waals surface area contributed by atoms with E-state index in [2.05, 4.69) is 46.6 Å². The molecule has 0 radical (unpaired) electrons. The van der Waals surface area contributed by atoms with Crippen molar-refractivity contribution in [3.63, 3.8) is 0 Å². The molecule has 2 heterocycles. The summed E-state index contributed by atoms with van der Waals surface area (Å²) in [5.41, 5.74) is 2.62. The van der Waals surface area contributed by atoms with Gasteiger partial charge in [0.2, 0.25) is 0 Å². The maximum atomic E-state index is 12.1. The van der Waals surface area contributed by atoms with E-state index in [1.165, 1.54) is 10.2 Å². The van der Waals surface area contributed by atoms with E-state index in [0.29, 0.717) is 17.5 Å². The molecule has 2 aromatic rings. The zero-order valence-corrected chi connectivity index (χ0v) is 15.7. The van der Waals surface area contributed by atoms with Crippen LogP contribution in [-0.2, 0) is 12.9 Å². The Labute approximate surface area is 158 Å². The first kappa shape index (κ1) is 18.4. The van der Waals surface area contributed by atoms with E-state index in [-0.39, 0.29) is 17.2 Å². The number of hydrogen-bond acceptors (Lipinski definition) is 5. The second kappa shape index (κ2) is 7.90. The first-order valence-corrected chi connectivity index (χ1v) is 9.11. The van der Waals surface area contributed by atoms with E-state index in [4.69, 9.17) is 11.6 Å². The fourth-order valence-corrected chi connectivity index (χ4v) is 3.70. The molecule has 2 atom stereocenters. The lowest BCUT2D eigenvalue weighted by Crippen LogP contribution is -2.44. The number of benzene rings is 1. The zero-order valence-electron chi connectivity index (χ0n) is 14.9. The average molecular weight is 372 g/mol. The van der Waals surface area contributed by atoms with Crippen LogP contribution < -0.4 is 10.9 Å². The molecule has 1 aliphatic heterocycles. The number of alkyl halides is 1. The molecule has 1 saturated heterocycles. The minimum Gasteiger partial charge on any atom is -0.378 e. The lowest BCUT2D eigenvalue weighted by Gasteiger charge is -2.36. The van der Waals surface area contributed by atoms with Gasteiger partial charge in [0, 0.05) is 32.1 Å². The summed E-state index contributed by atoms with van der Waals surface area (Å²) in [5, 5.41) is 16.7. The second-order valence-corrected chi connectivity index (χ2v) is 7.11. The number of halogens is 1. The normalized spacial score (nSPS) is 20.5. The highest BCUT2D eigenvalue weighted by atomic mass is 35.5. The largest absolute Gasteiger partial charge is 0.378 e. The molecule has 1 aliphatic rings. The molecule has 0 saturated carbocycles. The minimum absolute atomic E-state index is 0.110. The van der Waals surface area contributed by atoms with Crippen LogP contribution in [0.4, 0.5) is 5.69 Å². The molecule has 1 fully saturated rings. The van der Waals surface area contributed by atoms with Gasteiger partial charge >= 0.3 is 0 Å². The predicted octanol–water partition coefficient (Wildman–Crippen LogP) is 2.29. The van der Waals surface area contributed by atoms with Gasteiger partial charge in [-0.15, -0.1) is 11.6 Å². The highest BCUT2D eigenvalue weighted by Gasteiger charge is 2.27. The predicted molar refractivity (Wildman–Crippen MR) is 102 cm³/mol. The highest BCUT2D eigenvalue weighted by Crippen LogP contribution is 2.28. The molecule has 7 heteroatoms. The molecule has 0 unspecified atom stereocenters. The van der Waals surface area contributed by atoms with Gasteiger partial charge in [0.25, 0.3) is 5.56 Å². The quantitative estimate of drug-likeness (QED) is 0.835. The van der Waals surface area contributed by atoms with Crippen molar-refractivity contribution in [2.24, 2.45) is 7.05 Å². The summed E-state index contributed by atoms with van der Waals surface area (Å²) >= 11 is 5.88. The summed E-state index contributed by atoms with van der Waals surface area (Å²) in [6.07, 6.45) is 2.48. The van der Waals surface area contributed by atoms with Crippen LogP contribution in [-0.4, -0.2) is 40.9 Å². The summed E-state index contributed by atoms with van der Waals surface area (Å²) in [6.45, 7) is 1.81. The summed E-state index contributed by atoms with van der Waals surface area (Å²) in [4.78, 5) is 14.4. The number of rotatable bonds is 4. The van der Waals surface area contributed by atoms with Gasteiger partial charge in [0.1, 0.15) is 11.6 Å². The van der Waals surface area contributed by atoms with Crippen LogP contribution in [0.5, 0.6) is 0 Å². The topological polar surface area (TPSA) is 74.0 Å². The summed E-state index contributed by atoms with van der Waals surface area (Å²) in [7, 11) is 3.63. The Morgan fingerprint density at radius 3 is 2.69 bits per heavy atom. The van der Waals surface area contributed by atoms with Crippen molar-refractivity contribution in [3.8, 4) is 6.07 Å². The van der Waals surface area contributed by atoms with Gasteiger partial charge in [-0.2, -0.15) is 10.4 Å².